The van der Waals surface area contributed by atoms with Crippen LogP contribution in [0.5, 0.6) is 0 Å². The van der Waals surface area contributed by atoms with Gasteiger partial charge in [0.25, 0.3) is 0 Å². The molecular formula is C30H41ClN2O5. The van der Waals surface area contributed by atoms with Gasteiger partial charge < -0.3 is 15.4 Å². The lowest BCUT2D eigenvalue weighted by Crippen LogP contribution is -2.52. The van der Waals surface area contributed by atoms with Crippen LogP contribution in [0, 0.1) is 11.3 Å². The van der Waals surface area contributed by atoms with Gasteiger partial charge >= 0.3 is 5.97 Å². The van der Waals surface area contributed by atoms with Crippen molar-refractivity contribution in [2.75, 3.05) is 0 Å². The van der Waals surface area contributed by atoms with Crippen molar-refractivity contribution in [2.45, 2.75) is 79.9 Å². The van der Waals surface area contributed by atoms with Crippen LogP contribution >= 0.6 is 11.6 Å². The third-order valence-corrected chi connectivity index (χ3v) is 5.94. The van der Waals surface area contributed by atoms with Gasteiger partial charge in [-0.15, -0.1) is 0 Å². The van der Waals surface area contributed by atoms with Crippen LogP contribution in [-0.4, -0.2) is 35.7 Å². The van der Waals surface area contributed by atoms with Gasteiger partial charge in [0, 0.05) is 48.1 Å². The minimum atomic E-state index is -0.788. The number of allylic oxidation sites excluding steroid dienone is 7. The van der Waals surface area contributed by atoms with Crippen molar-refractivity contribution in [1.29, 1.82) is 0 Å². The van der Waals surface area contributed by atoms with E-state index >= 15 is 0 Å². The van der Waals surface area contributed by atoms with Crippen molar-refractivity contribution in [2.24, 2.45) is 11.3 Å². The minimum absolute atomic E-state index is 0.0291. The Kier molecular flexibility index (Phi) is 13.8. The van der Waals surface area contributed by atoms with Gasteiger partial charge in [0.2, 0.25) is 11.8 Å². The van der Waals surface area contributed by atoms with Gasteiger partial charge in [0.05, 0.1) is 0 Å². The van der Waals surface area contributed by atoms with Crippen molar-refractivity contribution in [1.82, 2.24) is 10.6 Å². The van der Waals surface area contributed by atoms with Crippen molar-refractivity contribution < 1.29 is 23.9 Å². The Morgan fingerprint density at radius 3 is 2.42 bits per heavy atom. The maximum Gasteiger partial charge on any atom is 0.333 e. The summed E-state index contributed by atoms with van der Waals surface area (Å²) >= 11 is 5.72. The zero-order chi connectivity index (χ0) is 28.9. The molecule has 1 heterocycles. The van der Waals surface area contributed by atoms with E-state index in [0.717, 1.165) is 5.57 Å². The van der Waals surface area contributed by atoms with Crippen LogP contribution in [0.1, 0.15) is 67.7 Å². The van der Waals surface area contributed by atoms with Crippen LogP contribution in [0.25, 0.3) is 0 Å². The summed E-state index contributed by atoms with van der Waals surface area (Å²) in [5, 5.41) is 5.94. The van der Waals surface area contributed by atoms with Crippen molar-refractivity contribution >= 4 is 35.2 Å². The molecule has 1 aliphatic heterocycles. The molecule has 7 nitrogen and oxygen atoms in total. The number of halogens is 1. The topological polar surface area (TPSA) is 102 Å². The second-order valence-corrected chi connectivity index (χ2v) is 11.1. The molecule has 3 atom stereocenters. The summed E-state index contributed by atoms with van der Waals surface area (Å²) in [4.78, 5) is 48.7. The number of esters is 1. The summed E-state index contributed by atoms with van der Waals surface area (Å²) in [6.07, 6.45) is 16.0. The molecule has 0 spiro atoms. The van der Waals surface area contributed by atoms with Crippen LogP contribution < -0.4 is 10.6 Å². The number of amides is 2. The Morgan fingerprint density at radius 2 is 1.82 bits per heavy atom. The molecule has 0 bridgehead atoms. The predicted octanol–water partition coefficient (Wildman–Crippen LogP) is 5.60. The van der Waals surface area contributed by atoms with E-state index in [1.54, 1.807) is 38.2 Å². The fraction of sp³-hybridized carbons (Fsp3) is 0.467. The Morgan fingerprint density at radius 1 is 1.16 bits per heavy atom. The molecule has 0 aliphatic carbocycles. The lowest BCUT2D eigenvalue weighted by molar-refractivity contribution is -0.147. The van der Waals surface area contributed by atoms with E-state index in [1.807, 2.05) is 52.8 Å². The van der Waals surface area contributed by atoms with Gasteiger partial charge in [-0.05, 0) is 26.2 Å². The molecule has 0 saturated carbocycles. The van der Waals surface area contributed by atoms with E-state index in [2.05, 4.69) is 10.6 Å². The van der Waals surface area contributed by atoms with E-state index in [4.69, 9.17) is 16.3 Å². The summed E-state index contributed by atoms with van der Waals surface area (Å²) in [7, 11) is 0. The average molecular weight is 545 g/mol. The van der Waals surface area contributed by atoms with Gasteiger partial charge in [0.15, 0.2) is 0 Å². The molecule has 38 heavy (non-hydrogen) atoms. The Bertz CT molecular complexity index is 1050. The SMILES string of the molecule is CC1=CC[C@@H]([C@@H](C)/C=C(C)/C=C\C=C/C(=O)N[C@H](C(=O)N/C=C\CC(=O)C/C=C(\C)Cl)C(C)(C)C)OC1=O. The highest BCUT2D eigenvalue weighted by Gasteiger charge is 2.31. The maximum absolute atomic E-state index is 12.7. The van der Waals surface area contributed by atoms with Crippen LogP contribution in [0.3, 0.4) is 0 Å². The smallest absolute Gasteiger partial charge is 0.333 e. The largest absolute Gasteiger partial charge is 0.458 e. The first-order chi connectivity index (χ1) is 17.7. The third-order valence-electron chi connectivity index (χ3n) is 5.78. The van der Waals surface area contributed by atoms with E-state index in [-0.39, 0.29) is 42.5 Å². The highest BCUT2D eigenvalue weighted by Crippen LogP contribution is 2.22. The zero-order valence-corrected chi connectivity index (χ0v) is 24.2. The Labute approximate surface area is 231 Å². The monoisotopic (exact) mass is 544 g/mol. The molecule has 208 valence electrons. The molecule has 1 aliphatic rings. The average Bonchev–Trinajstić information content (AvgIpc) is 2.82. The molecule has 0 saturated heterocycles. The second kappa shape index (κ2) is 15.9. The number of carbonyl (C=O) groups excluding carboxylic acids is 4. The van der Waals surface area contributed by atoms with Crippen molar-refractivity contribution in [3.05, 3.63) is 71.0 Å². The van der Waals surface area contributed by atoms with Gasteiger partial charge in [-0.1, -0.05) is 87.4 Å². The summed E-state index contributed by atoms with van der Waals surface area (Å²) in [5.74, 6) is -1.04. The first-order valence-corrected chi connectivity index (χ1v) is 13.1. The molecule has 0 aromatic heterocycles. The molecule has 0 aromatic carbocycles. The number of Topliss-reactive ketones (excluding diaryl/α,β-unsaturated/α-hetero) is 1. The number of nitrogens with one attached hydrogen (secondary N) is 2. The fourth-order valence-electron chi connectivity index (χ4n) is 3.52. The summed E-state index contributed by atoms with van der Waals surface area (Å²) in [6.45, 7) is 12.9. The normalized spacial score (nSPS) is 18.9. The lowest BCUT2D eigenvalue weighted by atomic mass is 9.86. The molecule has 8 heteroatoms. The number of rotatable bonds is 12. The molecule has 0 unspecified atom stereocenters. The van der Waals surface area contributed by atoms with Crippen LogP contribution in [0.15, 0.2) is 71.0 Å². The first-order valence-electron chi connectivity index (χ1n) is 12.7. The maximum atomic E-state index is 12.7. The van der Waals surface area contributed by atoms with Crippen molar-refractivity contribution in [3.8, 4) is 0 Å². The number of hydrogen-bond acceptors (Lipinski definition) is 5. The van der Waals surface area contributed by atoms with E-state index in [9.17, 15) is 19.2 Å². The second-order valence-electron chi connectivity index (χ2n) is 10.5. The highest BCUT2D eigenvalue weighted by molar-refractivity contribution is 6.29. The summed E-state index contributed by atoms with van der Waals surface area (Å²) < 4.78 is 5.46. The van der Waals surface area contributed by atoms with Gasteiger partial charge in [-0.25, -0.2) is 4.79 Å². The molecule has 0 aromatic rings. The number of ketones is 1. The van der Waals surface area contributed by atoms with Gasteiger partial charge in [-0.3, -0.25) is 14.4 Å². The molecule has 0 radical (unpaired) electrons. The first kappa shape index (κ1) is 32.8. The van der Waals surface area contributed by atoms with Crippen LogP contribution in [-0.2, 0) is 23.9 Å². The highest BCUT2D eigenvalue weighted by atomic mass is 35.5. The predicted molar refractivity (Wildman–Crippen MR) is 152 cm³/mol. The van der Waals surface area contributed by atoms with Crippen LogP contribution in [0.4, 0.5) is 0 Å². The molecule has 0 fully saturated rings. The quantitative estimate of drug-likeness (QED) is 0.189. The number of cyclic esters (lactones) is 1. The molecule has 1 rings (SSSR count). The van der Waals surface area contributed by atoms with E-state index in [0.29, 0.717) is 17.0 Å². The fourth-order valence-corrected chi connectivity index (χ4v) is 3.60. The molecule has 2 N–H and O–H groups in total. The van der Waals surface area contributed by atoms with Gasteiger partial charge in [-0.2, -0.15) is 0 Å². The van der Waals surface area contributed by atoms with Crippen molar-refractivity contribution in [3.63, 3.8) is 0 Å². The number of ether oxygens (including phenoxy) is 1. The summed E-state index contributed by atoms with van der Waals surface area (Å²) in [5.41, 5.74) is 1.07. The minimum Gasteiger partial charge on any atom is -0.458 e. The summed E-state index contributed by atoms with van der Waals surface area (Å²) in [6, 6.07) is -0.788. The number of carbonyl (C=O) groups is 4. The lowest BCUT2D eigenvalue weighted by Gasteiger charge is -2.29. The Balaban J connectivity index is 2.64. The third kappa shape index (κ3) is 12.9. The zero-order valence-electron chi connectivity index (χ0n) is 23.5. The Hall–Kier alpha value is -3.19. The van der Waals surface area contributed by atoms with Gasteiger partial charge in [0.1, 0.15) is 17.9 Å². The van der Waals surface area contributed by atoms with Crippen LogP contribution in [0.2, 0.25) is 0 Å². The molecular weight excluding hydrogens is 504 g/mol. The van der Waals surface area contributed by atoms with E-state index < -0.39 is 17.4 Å². The standard InChI is InChI=1S/C30H41ClN2O5/c1-20(19-22(3)25-17-14-21(2)29(37)38-25)11-8-9-13-26(35)33-27(30(5,6)7)28(36)32-18-10-12-24(34)16-15-23(4)31/h8-11,13-15,18-19,22,25,27H,12,16-17H2,1-7H3,(H,32,36)(H,33,35)/b11-8-,13-9-,18-10-,20-19+,23-15+/t22-,25-,27+/m0/s1. The molecule has 2 amide bonds. The number of hydrogen-bond donors (Lipinski definition) is 2. The van der Waals surface area contributed by atoms with E-state index in [1.165, 1.54) is 12.3 Å².